The highest BCUT2D eigenvalue weighted by molar-refractivity contribution is 5.95. The molecule has 0 unspecified atom stereocenters. The van der Waals surface area contributed by atoms with E-state index in [4.69, 9.17) is 18.7 Å². The van der Waals surface area contributed by atoms with Crippen LogP contribution in [0.25, 0.3) is 11.3 Å². The standard InChI is InChI=1S/C23H24N2O5/c1-27-16-7-5-15-6-8-17-21(25-30-22(17)18(15)13-16)23(26)24-11-10-14-4-9-19(28-2)20(12-14)29-3/h4-5,7,9,12-13H,6,8,10-11H2,1-3H3,(H,24,26). The number of methoxy groups -OCH3 is 3. The van der Waals surface area contributed by atoms with Crippen LogP contribution in [0.2, 0.25) is 0 Å². The normalized spacial score (nSPS) is 12.0. The van der Waals surface area contributed by atoms with Crippen LogP contribution in [-0.4, -0.2) is 38.9 Å². The summed E-state index contributed by atoms with van der Waals surface area (Å²) in [6.45, 7) is 0.473. The van der Waals surface area contributed by atoms with E-state index in [0.29, 0.717) is 35.9 Å². The second-order valence-corrected chi connectivity index (χ2v) is 7.06. The minimum atomic E-state index is -0.230. The zero-order valence-electron chi connectivity index (χ0n) is 17.3. The van der Waals surface area contributed by atoms with Crippen molar-refractivity contribution in [2.75, 3.05) is 27.9 Å². The van der Waals surface area contributed by atoms with Gasteiger partial charge in [0, 0.05) is 17.7 Å². The Kier molecular flexibility index (Phi) is 5.61. The molecule has 1 heterocycles. The fraction of sp³-hybridized carbons (Fsp3) is 0.304. The number of aryl methyl sites for hydroxylation is 1. The number of hydrogen-bond acceptors (Lipinski definition) is 6. The van der Waals surface area contributed by atoms with E-state index in [1.165, 1.54) is 5.56 Å². The van der Waals surface area contributed by atoms with Crippen LogP contribution in [0.4, 0.5) is 0 Å². The molecule has 7 heteroatoms. The fourth-order valence-corrected chi connectivity index (χ4v) is 3.74. The second kappa shape index (κ2) is 8.49. The van der Waals surface area contributed by atoms with Gasteiger partial charge in [0.15, 0.2) is 23.0 Å². The van der Waals surface area contributed by atoms with Gasteiger partial charge in [-0.25, -0.2) is 0 Å². The Morgan fingerprint density at radius 1 is 1.03 bits per heavy atom. The van der Waals surface area contributed by atoms with E-state index in [1.54, 1.807) is 21.3 Å². The topological polar surface area (TPSA) is 82.8 Å². The molecule has 0 fully saturated rings. The maximum Gasteiger partial charge on any atom is 0.273 e. The van der Waals surface area contributed by atoms with Gasteiger partial charge in [-0.1, -0.05) is 17.3 Å². The zero-order valence-corrected chi connectivity index (χ0v) is 17.3. The molecule has 0 saturated carbocycles. The van der Waals surface area contributed by atoms with Gasteiger partial charge in [0.25, 0.3) is 5.91 Å². The molecule has 4 rings (SSSR count). The molecule has 1 aliphatic rings. The summed E-state index contributed by atoms with van der Waals surface area (Å²) in [5, 5.41) is 7.00. The largest absolute Gasteiger partial charge is 0.497 e. The highest BCUT2D eigenvalue weighted by atomic mass is 16.5. The maximum absolute atomic E-state index is 12.7. The van der Waals surface area contributed by atoms with Gasteiger partial charge < -0.3 is 24.1 Å². The van der Waals surface area contributed by atoms with Gasteiger partial charge in [0.05, 0.1) is 21.3 Å². The average molecular weight is 408 g/mol. The summed E-state index contributed by atoms with van der Waals surface area (Å²) in [7, 11) is 4.83. The number of hydrogen-bond donors (Lipinski definition) is 1. The molecule has 0 radical (unpaired) electrons. The summed E-state index contributed by atoms with van der Waals surface area (Å²) < 4.78 is 21.5. The first-order chi connectivity index (χ1) is 14.6. The van der Waals surface area contributed by atoms with Gasteiger partial charge in [-0.05, 0) is 54.7 Å². The molecular formula is C23H24N2O5. The van der Waals surface area contributed by atoms with Crippen molar-refractivity contribution in [2.45, 2.75) is 19.3 Å². The van der Waals surface area contributed by atoms with Crippen LogP contribution in [0.3, 0.4) is 0 Å². The van der Waals surface area contributed by atoms with Crippen LogP contribution >= 0.6 is 0 Å². The van der Waals surface area contributed by atoms with Gasteiger partial charge in [-0.2, -0.15) is 0 Å². The molecule has 0 spiro atoms. The Morgan fingerprint density at radius 3 is 2.63 bits per heavy atom. The lowest BCUT2D eigenvalue weighted by Gasteiger charge is -2.15. The lowest BCUT2D eigenvalue weighted by atomic mass is 9.89. The monoisotopic (exact) mass is 408 g/mol. The van der Waals surface area contributed by atoms with Crippen LogP contribution in [0.1, 0.15) is 27.2 Å². The van der Waals surface area contributed by atoms with Crippen LogP contribution in [-0.2, 0) is 19.3 Å². The number of carbonyl (C=O) groups is 1. The van der Waals surface area contributed by atoms with Crippen molar-refractivity contribution in [3.63, 3.8) is 0 Å². The molecule has 1 aromatic heterocycles. The lowest BCUT2D eigenvalue weighted by molar-refractivity contribution is 0.0944. The van der Waals surface area contributed by atoms with E-state index < -0.39 is 0 Å². The van der Waals surface area contributed by atoms with Gasteiger partial charge in [-0.3, -0.25) is 4.79 Å². The molecule has 2 aromatic carbocycles. The molecule has 30 heavy (non-hydrogen) atoms. The number of nitrogens with one attached hydrogen (secondary N) is 1. The van der Waals surface area contributed by atoms with E-state index in [0.717, 1.165) is 35.3 Å². The Balaban J connectivity index is 1.45. The van der Waals surface area contributed by atoms with E-state index in [-0.39, 0.29) is 5.91 Å². The number of nitrogens with zero attached hydrogens (tertiary/aromatic N) is 1. The maximum atomic E-state index is 12.7. The van der Waals surface area contributed by atoms with Gasteiger partial charge >= 0.3 is 0 Å². The molecule has 1 aliphatic carbocycles. The van der Waals surface area contributed by atoms with Crippen LogP contribution in [0.5, 0.6) is 17.2 Å². The molecule has 0 aliphatic heterocycles. The molecule has 156 valence electrons. The summed E-state index contributed by atoms with van der Waals surface area (Å²) in [4.78, 5) is 12.7. The molecule has 0 bridgehead atoms. The van der Waals surface area contributed by atoms with Crippen LogP contribution in [0, 0.1) is 0 Å². The second-order valence-electron chi connectivity index (χ2n) is 7.06. The predicted molar refractivity (Wildman–Crippen MR) is 111 cm³/mol. The zero-order chi connectivity index (χ0) is 21.1. The van der Waals surface area contributed by atoms with Crippen molar-refractivity contribution >= 4 is 5.91 Å². The summed E-state index contributed by atoms with van der Waals surface area (Å²) in [5.74, 6) is 2.52. The van der Waals surface area contributed by atoms with Crippen molar-refractivity contribution in [2.24, 2.45) is 0 Å². The SMILES string of the molecule is COc1ccc2c(c1)-c1onc(C(=O)NCCc3ccc(OC)c(OC)c3)c1CC2. The highest BCUT2D eigenvalue weighted by Gasteiger charge is 2.27. The number of aromatic nitrogens is 1. The molecule has 1 amide bonds. The summed E-state index contributed by atoms with van der Waals surface area (Å²) in [6, 6.07) is 11.6. The van der Waals surface area contributed by atoms with E-state index >= 15 is 0 Å². The van der Waals surface area contributed by atoms with Crippen molar-refractivity contribution in [1.82, 2.24) is 10.5 Å². The van der Waals surface area contributed by atoms with Crippen molar-refractivity contribution in [1.29, 1.82) is 0 Å². The molecule has 0 saturated heterocycles. The number of rotatable bonds is 7. The number of amides is 1. The van der Waals surface area contributed by atoms with Crippen LogP contribution in [0.15, 0.2) is 40.9 Å². The van der Waals surface area contributed by atoms with E-state index in [1.807, 2.05) is 36.4 Å². The third-order valence-electron chi connectivity index (χ3n) is 5.36. The lowest BCUT2D eigenvalue weighted by Crippen LogP contribution is -2.27. The van der Waals surface area contributed by atoms with Gasteiger partial charge in [0.1, 0.15) is 5.75 Å². The molecule has 3 aromatic rings. The fourth-order valence-electron chi connectivity index (χ4n) is 3.74. The Labute approximate surface area is 174 Å². The quantitative estimate of drug-likeness (QED) is 0.645. The summed E-state index contributed by atoms with van der Waals surface area (Å²) >= 11 is 0. The minimum absolute atomic E-state index is 0.230. The highest BCUT2D eigenvalue weighted by Crippen LogP contribution is 2.37. The van der Waals surface area contributed by atoms with Gasteiger partial charge in [-0.15, -0.1) is 0 Å². The summed E-state index contributed by atoms with van der Waals surface area (Å²) in [6.07, 6.45) is 2.21. The van der Waals surface area contributed by atoms with Crippen molar-refractivity contribution in [3.8, 4) is 28.6 Å². The Morgan fingerprint density at radius 2 is 1.87 bits per heavy atom. The van der Waals surface area contributed by atoms with Crippen molar-refractivity contribution < 1.29 is 23.5 Å². The third-order valence-corrected chi connectivity index (χ3v) is 5.36. The molecule has 0 atom stereocenters. The predicted octanol–water partition coefficient (Wildman–Crippen LogP) is 3.44. The first-order valence-corrected chi connectivity index (χ1v) is 9.79. The Bertz CT molecular complexity index is 1070. The molecular weight excluding hydrogens is 384 g/mol. The average Bonchev–Trinajstić information content (AvgIpc) is 3.23. The number of carbonyl (C=O) groups excluding carboxylic acids is 1. The molecule has 7 nitrogen and oxygen atoms in total. The van der Waals surface area contributed by atoms with E-state index in [2.05, 4.69) is 10.5 Å². The smallest absolute Gasteiger partial charge is 0.273 e. The number of fused-ring (bicyclic) bond motifs is 3. The summed E-state index contributed by atoms with van der Waals surface area (Å²) in [5.41, 5.74) is 4.34. The van der Waals surface area contributed by atoms with Crippen LogP contribution < -0.4 is 19.5 Å². The number of benzene rings is 2. The first kappa shape index (κ1) is 19.8. The number of ether oxygens (including phenoxy) is 3. The Hall–Kier alpha value is -3.48. The van der Waals surface area contributed by atoms with Crippen molar-refractivity contribution in [3.05, 3.63) is 58.8 Å². The van der Waals surface area contributed by atoms with Gasteiger partial charge in [0.2, 0.25) is 0 Å². The first-order valence-electron chi connectivity index (χ1n) is 9.79. The minimum Gasteiger partial charge on any atom is -0.497 e. The third kappa shape index (κ3) is 3.70. The molecule has 1 N–H and O–H groups in total. The van der Waals surface area contributed by atoms with E-state index in [9.17, 15) is 4.79 Å².